The van der Waals surface area contributed by atoms with Gasteiger partial charge in [-0.05, 0) is 44.5 Å². The van der Waals surface area contributed by atoms with Crippen LogP contribution in [0.5, 0.6) is 0 Å². The van der Waals surface area contributed by atoms with Crippen molar-refractivity contribution in [1.82, 2.24) is 9.80 Å². The van der Waals surface area contributed by atoms with Gasteiger partial charge in [0.25, 0.3) is 11.8 Å². The van der Waals surface area contributed by atoms with Gasteiger partial charge in [0, 0.05) is 42.0 Å². The minimum Gasteiger partial charge on any atom is -0.372 e. The van der Waals surface area contributed by atoms with Gasteiger partial charge in [-0.25, -0.2) is 0 Å². The minimum absolute atomic E-state index is 0.00830. The molecule has 2 aromatic rings. The van der Waals surface area contributed by atoms with Crippen LogP contribution < -0.4 is 5.32 Å². The Bertz CT molecular complexity index is 935. The predicted molar refractivity (Wildman–Crippen MR) is 116 cm³/mol. The van der Waals surface area contributed by atoms with Gasteiger partial charge in [0.05, 0.1) is 12.2 Å². The third kappa shape index (κ3) is 3.92. The van der Waals surface area contributed by atoms with Gasteiger partial charge in [-0.1, -0.05) is 31.2 Å². The van der Waals surface area contributed by atoms with Crippen LogP contribution in [0.15, 0.2) is 48.5 Å². The molecular weight excluding hydrogens is 378 g/mol. The molecule has 0 spiro atoms. The van der Waals surface area contributed by atoms with Crippen molar-refractivity contribution in [1.29, 1.82) is 0 Å². The summed E-state index contributed by atoms with van der Waals surface area (Å²) in [7, 11) is 0. The van der Waals surface area contributed by atoms with Crippen LogP contribution in [-0.4, -0.2) is 53.5 Å². The molecule has 2 aliphatic rings. The first-order valence-electron chi connectivity index (χ1n) is 10.7. The molecule has 1 N–H and O–H groups in total. The monoisotopic (exact) mass is 407 g/mol. The SMILES string of the molecule is CCCN1C(=O)c2ccccc2[C@H]1Nc1cccc(C(=O)N2C[C@@H](C)O[C@@H](C)C2)c1. The summed E-state index contributed by atoms with van der Waals surface area (Å²) in [6.45, 7) is 7.91. The number of amides is 2. The molecule has 2 amide bonds. The maximum atomic E-state index is 13.1. The van der Waals surface area contributed by atoms with E-state index >= 15 is 0 Å². The number of hydrogen-bond acceptors (Lipinski definition) is 4. The lowest BCUT2D eigenvalue weighted by Gasteiger charge is -2.35. The molecule has 6 heteroatoms. The van der Waals surface area contributed by atoms with Crippen molar-refractivity contribution < 1.29 is 14.3 Å². The van der Waals surface area contributed by atoms with Crippen molar-refractivity contribution in [2.75, 3.05) is 25.0 Å². The number of benzene rings is 2. The van der Waals surface area contributed by atoms with Gasteiger partial charge < -0.3 is 19.9 Å². The summed E-state index contributed by atoms with van der Waals surface area (Å²) < 4.78 is 5.75. The number of morpholine rings is 1. The molecule has 2 heterocycles. The van der Waals surface area contributed by atoms with E-state index in [0.717, 1.165) is 23.2 Å². The zero-order chi connectivity index (χ0) is 21.3. The van der Waals surface area contributed by atoms with Crippen molar-refractivity contribution in [3.8, 4) is 0 Å². The number of fused-ring (bicyclic) bond motifs is 1. The molecule has 0 aromatic heterocycles. The zero-order valence-corrected chi connectivity index (χ0v) is 17.8. The molecule has 0 aliphatic carbocycles. The summed E-state index contributed by atoms with van der Waals surface area (Å²) in [4.78, 5) is 29.6. The van der Waals surface area contributed by atoms with Crippen LogP contribution >= 0.6 is 0 Å². The first-order valence-corrected chi connectivity index (χ1v) is 10.7. The number of carbonyl (C=O) groups excluding carboxylic acids is 2. The molecule has 2 aromatic carbocycles. The Morgan fingerprint density at radius 2 is 1.83 bits per heavy atom. The minimum atomic E-state index is -0.234. The van der Waals surface area contributed by atoms with E-state index in [1.54, 1.807) is 0 Å². The normalized spacial score (nSPS) is 23.4. The predicted octanol–water partition coefficient (Wildman–Crippen LogP) is 3.91. The highest BCUT2D eigenvalue weighted by atomic mass is 16.5. The fourth-order valence-electron chi connectivity index (χ4n) is 4.42. The second-order valence-electron chi connectivity index (χ2n) is 8.18. The lowest BCUT2D eigenvalue weighted by Crippen LogP contribution is -2.48. The Labute approximate surface area is 177 Å². The molecule has 0 unspecified atom stereocenters. The van der Waals surface area contributed by atoms with Crippen LogP contribution in [0.4, 0.5) is 5.69 Å². The van der Waals surface area contributed by atoms with Crippen molar-refractivity contribution in [3.05, 3.63) is 65.2 Å². The van der Waals surface area contributed by atoms with Crippen molar-refractivity contribution in [2.45, 2.75) is 45.6 Å². The summed E-state index contributed by atoms with van der Waals surface area (Å²) in [5.41, 5.74) is 3.18. The quantitative estimate of drug-likeness (QED) is 0.816. The Kier molecular flexibility index (Phi) is 5.77. The van der Waals surface area contributed by atoms with Gasteiger partial charge in [-0.2, -0.15) is 0 Å². The molecule has 2 aliphatic heterocycles. The number of carbonyl (C=O) groups is 2. The molecule has 0 bridgehead atoms. The topological polar surface area (TPSA) is 61.9 Å². The molecule has 0 radical (unpaired) electrons. The maximum absolute atomic E-state index is 13.1. The molecule has 3 atom stereocenters. The fraction of sp³-hybridized carbons (Fsp3) is 0.417. The number of rotatable bonds is 5. The van der Waals surface area contributed by atoms with E-state index in [1.165, 1.54) is 0 Å². The smallest absolute Gasteiger partial charge is 0.256 e. The van der Waals surface area contributed by atoms with Crippen molar-refractivity contribution in [2.24, 2.45) is 0 Å². The third-order valence-electron chi connectivity index (χ3n) is 5.64. The second kappa shape index (κ2) is 8.48. The van der Waals surface area contributed by atoms with Gasteiger partial charge in [0.1, 0.15) is 6.17 Å². The Balaban J connectivity index is 1.57. The second-order valence-corrected chi connectivity index (χ2v) is 8.18. The highest BCUT2D eigenvalue weighted by Gasteiger charge is 2.36. The van der Waals surface area contributed by atoms with Crippen LogP contribution in [0.2, 0.25) is 0 Å². The largest absolute Gasteiger partial charge is 0.372 e. The summed E-state index contributed by atoms with van der Waals surface area (Å²) >= 11 is 0. The summed E-state index contributed by atoms with van der Waals surface area (Å²) in [6, 6.07) is 15.3. The summed E-state index contributed by atoms with van der Waals surface area (Å²) in [5.74, 6) is 0.0578. The van der Waals surface area contributed by atoms with Crippen molar-refractivity contribution >= 4 is 17.5 Å². The standard InChI is InChI=1S/C24H29N3O3/c1-4-12-27-22(20-10-5-6-11-21(20)24(27)29)25-19-9-7-8-18(13-19)23(28)26-14-16(2)30-17(3)15-26/h5-11,13,16-17,22,25H,4,12,14-15H2,1-3H3/t16-,17+,22-/m0/s1. The van der Waals surface area contributed by atoms with E-state index in [-0.39, 0.29) is 30.2 Å². The number of ether oxygens (including phenoxy) is 1. The van der Waals surface area contributed by atoms with E-state index in [4.69, 9.17) is 4.74 Å². The average molecular weight is 408 g/mol. The first kappa shape index (κ1) is 20.4. The van der Waals surface area contributed by atoms with E-state index in [2.05, 4.69) is 12.2 Å². The highest BCUT2D eigenvalue weighted by Crippen LogP contribution is 2.34. The molecule has 6 nitrogen and oxygen atoms in total. The molecule has 1 saturated heterocycles. The lowest BCUT2D eigenvalue weighted by molar-refractivity contribution is -0.0586. The van der Waals surface area contributed by atoms with Crippen LogP contribution in [0.1, 0.15) is 59.6 Å². The molecule has 4 rings (SSSR count). The van der Waals surface area contributed by atoms with Crippen molar-refractivity contribution in [3.63, 3.8) is 0 Å². The van der Waals surface area contributed by atoms with Gasteiger partial charge in [0.15, 0.2) is 0 Å². The number of hydrogen-bond donors (Lipinski definition) is 1. The van der Waals surface area contributed by atoms with E-state index in [0.29, 0.717) is 25.2 Å². The fourth-order valence-corrected chi connectivity index (χ4v) is 4.42. The number of nitrogens with one attached hydrogen (secondary N) is 1. The molecule has 1 fully saturated rings. The van der Waals surface area contributed by atoms with E-state index in [1.807, 2.05) is 72.2 Å². The van der Waals surface area contributed by atoms with Crippen LogP contribution in [0.3, 0.4) is 0 Å². The Morgan fingerprint density at radius 1 is 1.10 bits per heavy atom. The van der Waals surface area contributed by atoms with Crippen LogP contribution in [-0.2, 0) is 4.74 Å². The molecule has 30 heavy (non-hydrogen) atoms. The Morgan fingerprint density at radius 3 is 2.57 bits per heavy atom. The maximum Gasteiger partial charge on any atom is 0.256 e. The first-order chi connectivity index (χ1) is 14.5. The summed E-state index contributed by atoms with van der Waals surface area (Å²) in [6.07, 6.45) is 0.705. The number of nitrogens with zero attached hydrogens (tertiary/aromatic N) is 2. The molecular formula is C24H29N3O3. The third-order valence-corrected chi connectivity index (χ3v) is 5.64. The average Bonchev–Trinajstić information content (AvgIpc) is 2.99. The van der Waals surface area contributed by atoms with Gasteiger partial charge >= 0.3 is 0 Å². The van der Waals surface area contributed by atoms with Gasteiger partial charge in [0.2, 0.25) is 0 Å². The molecule has 158 valence electrons. The lowest BCUT2D eigenvalue weighted by atomic mass is 10.1. The Hall–Kier alpha value is -2.86. The van der Waals surface area contributed by atoms with E-state index in [9.17, 15) is 9.59 Å². The van der Waals surface area contributed by atoms with Gasteiger partial charge in [-0.15, -0.1) is 0 Å². The van der Waals surface area contributed by atoms with Gasteiger partial charge in [-0.3, -0.25) is 9.59 Å². The molecule has 0 saturated carbocycles. The summed E-state index contributed by atoms with van der Waals surface area (Å²) in [5, 5.41) is 3.49. The van der Waals surface area contributed by atoms with Crippen LogP contribution in [0.25, 0.3) is 0 Å². The number of anilines is 1. The zero-order valence-electron chi connectivity index (χ0n) is 17.8. The highest BCUT2D eigenvalue weighted by molar-refractivity contribution is 5.99. The van der Waals surface area contributed by atoms with Crippen LogP contribution in [0, 0.1) is 0 Å². The van der Waals surface area contributed by atoms with E-state index < -0.39 is 0 Å².